The minimum absolute atomic E-state index is 0.113. The molecule has 0 spiro atoms. The summed E-state index contributed by atoms with van der Waals surface area (Å²) in [5.41, 5.74) is 0.356. The SMILES string of the molecule is CC(C)(C)C#CC=CC(C)(C)C. The smallest absolute Gasteiger partial charge is 0.0233 e. The first-order chi connectivity index (χ1) is 5.21. The van der Waals surface area contributed by atoms with Gasteiger partial charge in [-0.3, -0.25) is 0 Å². The molecule has 0 unspecified atom stereocenters. The second-order valence-electron chi connectivity index (χ2n) is 5.22. The van der Waals surface area contributed by atoms with Crippen LogP contribution in [0.25, 0.3) is 0 Å². The average molecular weight is 164 g/mol. The standard InChI is InChI=1S/C12H20/c1-11(2,3)9-7-8-10-12(4,5)6/h7,9H,1-6H3. The Labute approximate surface area is 77.1 Å². The van der Waals surface area contributed by atoms with E-state index in [9.17, 15) is 0 Å². The Morgan fingerprint density at radius 3 is 1.75 bits per heavy atom. The molecule has 0 aromatic rings. The van der Waals surface area contributed by atoms with E-state index in [4.69, 9.17) is 0 Å². The molecule has 0 aliphatic carbocycles. The van der Waals surface area contributed by atoms with Crippen LogP contribution in [-0.2, 0) is 0 Å². The number of rotatable bonds is 0. The Morgan fingerprint density at radius 2 is 1.42 bits per heavy atom. The molecule has 0 bridgehead atoms. The van der Waals surface area contributed by atoms with Gasteiger partial charge in [0.1, 0.15) is 0 Å². The number of hydrogen-bond donors (Lipinski definition) is 0. The maximum absolute atomic E-state index is 3.16. The van der Waals surface area contributed by atoms with Gasteiger partial charge in [-0.1, -0.05) is 38.7 Å². The van der Waals surface area contributed by atoms with Crippen molar-refractivity contribution in [3.05, 3.63) is 12.2 Å². The summed E-state index contributed by atoms with van der Waals surface area (Å²) < 4.78 is 0. The van der Waals surface area contributed by atoms with Crippen molar-refractivity contribution in [3.8, 4) is 11.8 Å². The van der Waals surface area contributed by atoms with Crippen LogP contribution in [0.4, 0.5) is 0 Å². The lowest BCUT2D eigenvalue weighted by Gasteiger charge is -2.10. The highest BCUT2D eigenvalue weighted by molar-refractivity contribution is 5.20. The summed E-state index contributed by atoms with van der Waals surface area (Å²) in [6.45, 7) is 12.9. The van der Waals surface area contributed by atoms with Crippen LogP contribution in [0.5, 0.6) is 0 Å². The predicted octanol–water partition coefficient (Wildman–Crippen LogP) is 3.64. The topological polar surface area (TPSA) is 0 Å². The molecule has 12 heavy (non-hydrogen) atoms. The Morgan fingerprint density at radius 1 is 0.917 bits per heavy atom. The first-order valence-corrected chi connectivity index (χ1v) is 4.41. The molecule has 0 nitrogen and oxygen atoms in total. The molecule has 0 aromatic heterocycles. The van der Waals surface area contributed by atoms with Crippen LogP contribution in [0.15, 0.2) is 12.2 Å². The lowest BCUT2D eigenvalue weighted by molar-refractivity contribution is 0.544. The molecule has 0 aliphatic rings. The van der Waals surface area contributed by atoms with E-state index in [1.165, 1.54) is 0 Å². The van der Waals surface area contributed by atoms with Crippen LogP contribution in [0, 0.1) is 22.7 Å². The molecule has 68 valence electrons. The van der Waals surface area contributed by atoms with Gasteiger partial charge in [0.25, 0.3) is 0 Å². The molecule has 0 heteroatoms. The molecular formula is C12H20. The average Bonchev–Trinajstić information content (AvgIpc) is 1.76. The van der Waals surface area contributed by atoms with Crippen molar-refractivity contribution in [1.82, 2.24) is 0 Å². The van der Waals surface area contributed by atoms with E-state index >= 15 is 0 Å². The van der Waals surface area contributed by atoms with Crippen LogP contribution in [0.3, 0.4) is 0 Å². The Hall–Kier alpha value is -0.700. The van der Waals surface area contributed by atoms with E-state index in [0.717, 1.165) is 0 Å². The number of hydrogen-bond acceptors (Lipinski definition) is 0. The first kappa shape index (κ1) is 11.3. The van der Waals surface area contributed by atoms with Gasteiger partial charge in [0, 0.05) is 5.41 Å². The molecule has 0 aromatic carbocycles. The molecular weight excluding hydrogens is 144 g/mol. The van der Waals surface area contributed by atoms with E-state index in [2.05, 4.69) is 59.5 Å². The minimum Gasteiger partial charge on any atom is -0.0926 e. The molecule has 0 N–H and O–H groups in total. The van der Waals surface area contributed by atoms with Crippen molar-refractivity contribution in [2.24, 2.45) is 10.8 Å². The highest BCUT2D eigenvalue weighted by Gasteiger charge is 2.03. The van der Waals surface area contributed by atoms with Gasteiger partial charge in [-0.15, -0.1) is 0 Å². The van der Waals surface area contributed by atoms with E-state index in [1.807, 2.05) is 6.08 Å². The Bertz CT molecular complexity index is 207. The van der Waals surface area contributed by atoms with Crippen molar-refractivity contribution in [1.29, 1.82) is 0 Å². The molecule has 0 heterocycles. The first-order valence-electron chi connectivity index (χ1n) is 4.41. The molecule has 0 atom stereocenters. The summed E-state index contributed by atoms with van der Waals surface area (Å²) in [5, 5.41) is 0. The van der Waals surface area contributed by atoms with E-state index in [0.29, 0.717) is 0 Å². The molecule has 0 saturated carbocycles. The Balaban J connectivity index is 4.13. The molecule has 0 fully saturated rings. The van der Waals surface area contributed by atoms with Gasteiger partial charge in [-0.2, -0.15) is 0 Å². The van der Waals surface area contributed by atoms with E-state index < -0.39 is 0 Å². The normalized spacial score (nSPS) is 12.8. The monoisotopic (exact) mass is 164 g/mol. The zero-order valence-corrected chi connectivity index (χ0v) is 9.15. The van der Waals surface area contributed by atoms with Crippen LogP contribution in [0.2, 0.25) is 0 Å². The van der Waals surface area contributed by atoms with Crippen LogP contribution >= 0.6 is 0 Å². The number of allylic oxidation sites excluding steroid dienone is 2. The minimum atomic E-state index is 0.113. The second-order valence-corrected chi connectivity index (χ2v) is 5.22. The molecule has 0 rings (SSSR count). The zero-order valence-electron chi connectivity index (χ0n) is 9.15. The van der Waals surface area contributed by atoms with Crippen LogP contribution < -0.4 is 0 Å². The summed E-state index contributed by atoms with van der Waals surface area (Å²) in [6, 6.07) is 0. The van der Waals surface area contributed by atoms with E-state index in [1.54, 1.807) is 0 Å². The summed E-state index contributed by atoms with van der Waals surface area (Å²) in [7, 11) is 0. The van der Waals surface area contributed by atoms with Gasteiger partial charge in [-0.25, -0.2) is 0 Å². The predicted molar refractivity (Wildman–Crippen MR) is 55.8 cm³/mol. The third kappa shape index (κ3) is 9.30. The maximum atomic E-state index is 3.16. The second kappa shape index (κ2) is 3.81. The molecule has 0 aliphatic heterocycles. The van der Waals surface area contributed by atoms with Gasteiger partial charge >= 0.3 is 0 Å². The third-order valence-corrected chi connectivity index (χ3v) is 1.11. The maximum Gasteiger partial charge on any atom is 0.0233 e. The van der Waals surface area contributed by atoms with Crippen molar-refractivity contribution in [2.75, 3.05) is 0 Å². The van der Waals surface area contributed by atoms with Gasteiger partial charge in [-0.05, 0) is 32.3 Å². The molecule has 0 radical (unpaired) electrons. The molecule has 0 amide bonds. The fourth-order valence-corrected chi connectivity index (χ4v) is 0.550. The summed E-state index contributed by atoms with van der Waals surface area (Å²) in [5.74, 6) is 6.21. The van der Waals surface area contributed by atoms with Gasteiger partial charge in [0.05, 0.1) is 0 Å². The highest BCUT2D eigenvalue weighted by atomic mass is 14.1. The van der Waals surface area contributed by atoms with Crippen molar-refractivity contribution in [2.45, 2.75) is 41.5 Å². The fourth-order valence-electron chi connectivity index (χ4n) is 0.550. The lowest BCUT2D eigenvalue weighted by atomic mass is 9.95. The summed E-state index contributed by atoms with van der Waals surface area (Å²) in [6.07, 6.45) is 4.08. The highest BCUT2D eigenvalue weighted by Crippen LogP contribution is 2.14. The van der Waals surface area contributed by atoms with Crippen LogP contribution in [-0.4, -0.2) is 0 Å². The van der Waals surface area contributed by atoms with Crippen molar-refractivity contribution in [3.63, 3.8) is 0 Å². The quantitative estimate of drug-likeness (QED) is 0.479. The van der Waals surface area contributed by atoms with Crippen molar-refractivity contribution < 1.29 is 0 Å². The Kier molecular flexibility index (Phi) is 3.58. The van der Waals surface area contributed by atoms with Gasteiger partial charge < -0.3 is 0 Å². The summed E-state index contributed by atoms with van der Waals surface area (Å²) >= 11 is 0. The van der Waals surface area contributed by atoms with Gasteiger partial charge in [0.15, 0.2) is 0 Å². The third-order valence-electron chi connectivity index (χ3n) is 1.11. The summed E-state index contributed by atoms with van der Waals surface area (Å²) in [4.78, 5) is 0. The zero-order chi connectivity index (χ0) is 9.83. The van der Waals surface area contributed by atoms with Crippen LogP contribution in [0.1, 0.15) is 41.5 Å². The van der Waals surface area contributed by atoms with E-state index in [-0.39, 0.29) is 10.8 Å². The fraction of sp³-hybridized carbons (Fsp3) is 0.667. The van der Waals surface area contributed by atoms with Crippen molar-refractivity contribution >= 4 is 0 Å². The lowest BCUT2D eigenvalue weighted by Crippen LogP contribution is -1.99. The largest absolute Gasteiger partial charge is 0.0926 e. The molecule has 0 saturated heterocycles. The van der Waals surface area contributed by atoms with Gasteiger partial charge in [0.2, 0.25) is 0 Å².